The van der Waals surface area contributed by atoms with Gasteiger partial charge in [0.05, 0.1) is 0 Å². The van der Waals surface area contributed by atoms with Crippen LogP contribution < -0.4 is 0 Å². The van der Waals surface area contributed by atoms with Crippen molar-refractivity contribution in [1.82, 2.24) is 4.90 Å². The quantitative estimate of drug-likeness (QED) is 0.432. The summed E-state index contributed by atoms with van der Waals surface area (Å²) in [6.45, 7) is 2.04. The minimum absolute atomic E-state index is 0.797. The Morgan fingerprint density at radius 3 is 2.33 bits per heavy atom. The van der Waals surface area contributed by atoms with Gasteiger partial charge in [0.15, 0.2) is 5.17 Å². The molecule has 0 aromatic heterocycles. The predicted molar refractivity (Wildman–Crippen MR) is 65.2 cm³/mol. The molecule has 72 valence electrons. The molecule has 0 saturated carbocycles. The van der Waals surface area contributed by atoms with E-state index >= 15 is 0 Å². The third kappa shape index (κ3) is 6.55. The monoisotopic (exact) mass is 264 g/mol. The topological polar surface area (TPSA) is 15.6 Å². The first-order chi connectivity index (χ1) is 5.37. The average Bonchev–Trinajstić information content (AvgIpc) is 1.83. The molecule has 0 atom stereocenters. The third-order valence-corrected chi connectivity index (χ3v) is 3.12. The van der Waals surface area contributed by atoms with Crippen LogP contribution in [0.4, 0.5) is 0 Å². The number of amidine groups is 1. The zero-order valence-corrected chi connectivity index (χ0v) is 11.2. The summed E-state index contributed by atoms with van der Waals surface area (Å²) >= 11 is 17.7. The van der Waals surface area contributed by atoms with Gasteiger partial charge in [-0.25, -0.2) is 0 Å². The van der Waals surface area contributed by atoms with Gasteiger partial charge in [-0.3, -0.25) is 0 Å². The molecule has 7 heteroatoms. The van der Waals surface area contributed by atoms with E-state index in [1.807, 2.05) is 25.9 Å². The Kier molecular flexibility index (Phi) is 6.21. The van der Waals surface area contributed by atoms with Crippen LogP contribution in [0.2, 0.25) is 0 Å². The fourth-order valence-electron chi connectivity index (χ4n) is 0.476. The Morgan fingerprint density at radius 1 is 1.58 bits per heavy atom. The maximum absolute atomic E-state index is 5.67. The molecule has 0 spiro atoms. The molecular weight excluding hydrogens is 254 g/mol. The summed E-state index contributed by atoms with van der Waals surface area (Å²) in [5, 5.41) is 0.797. The smallest absolute Gasteiger partial charge is 0.228 e. The van der Waals surface area contributed by atoms with E-state index in [0.29, 0.717) is 0 Å². The Bertz CT molecular complexity index is 213. The lowest BCUT2D eigenvalue weighted by molar-refractivity contribution is 0.638. The van der Waals surface area contributed by atoms with Crippen LogP contribution in [0.3, 0.4) is 0 Å². The van der Waals surface area contributed by atoms with Crippen LogP contribution in [0.5, 0.6) is 0 Å². The van der Waals surface area contributed by atoms with E-state index in [9.17, 15) is 0 Å². The van der Waals surface area contributed by atoms with Gasteiger partial charge < -0.3 is 4.90 Å². The zero-order valence-electron chi connectivity index (χ0n) is 7.12. The highest BCUT2D eigenvalue weighted by atomic mass is 35.9. The van der Waals surface area contributed by atoms with Crippen molar-refractivity contribution in [1.29, 1.82) is 0 Å². The molecule has 0 fully saturated rings. The molecule has 0 radical (unpaired) electrons. The van der Waals surface area contributed by atoms with Gasteiger partial charge in [-0.15, -0.1) is 0 Å². The van der Waals surface area contributed by atoms with Gasteiger partial charge in [0.2, 0.25) is 4.89 Å². The zero-order chi connectivity index (χ0) is 9.78. The molecule has 2 nitrogen and oxygen atoms in total. The standard InChI is InChI=1S/C5H11Cl2N2PS2/c1-4-12-5(9(2)3)8-10(6,7)11/h4H2,1-3H3/b8-5-. The van der Waals surface area contributed by atoms with Crippen molar-refractivity contribution in [3.63, 3.8) is 0 Å². The molecule has 0 aromatic rings. The maximum Gasteiger partial charge on any atom is 0.228 e. The molecule has 0 aromatic carbocycles. The average molecular weight is 265 g/mol. The molecule has 0 rings (SSSR count). The van der Waals surface area contributed by atoms with E-state index in [1.54, 1.807) is 11.8 Å². The van der Waals surface area contributed by atoms with Crippen molar-refractivity contribution in [2.45, 2.75) is 6.92 Å². The van der Waals surface area contributed by atoms with Crippen molar-refractivity contribution in [3.8, 4) is 0 Å². The van der Waals surface area contributed by atoms with Crippen molar-refractivity contribution < 1.29 is 0 Å². The largest absolute Gasteiger partial charge is 0.357 e. The van der Waals surface area contributed by atoms with E-state index in [4.69, 9.17) is 34.3 Å². The summed E-state index contributed by atoms with van der Waals surface area (Å²) in [6.07, 6.45) is 0. The minimum Gasteiger partial charge on any atom is -0.357 e. The van der Waals surface area contributed by atoms with Crippen LogP contribution in [-0.2, 0) is 11.8 Å². The number of hydrogen-bond donors (Lipinski definition) is 0. The Labute approximate surface area is 92.3 Å². The molecule has 0 amide bonds. The van der Waals surface area contributed by atoms with Crippen molar-refractivity contribution in [2.24, 2.45) is 4.76 Å². The normalized spacial score (nSPS) is 13.2. The number of thioether (sulfide) groups is 1. The number of hydrogen-bond acceptors (Lipinski definition) is 2. The van der Waals surface area contributed by atoms with Gasteiger partial charge >= 0.3 is 0 Å². The van der Waals surface area contributed by atoms with Gasteiger partial charge in [0.25, 0.3) is 0 Å². The first-order valence-corrected chi connectivity index (χ1v) is 8.81. The van der Waals surface area contributed by atoms with Gasteiger partial charge in [0, 0.05) is 14.1 Å². The van der Waals surface area contributed by atoms with Crippen molar-refractivity contribution >= 4 is 56.1 Å². The van der Waals surface area contributed by atoms with Crippen LogP contribution in [0.25, 0.3) is 0 Å². The lowest BCUT2D eigenvalue weighted by atomic mass is 10.9. The van der Waals surface area contributed by atoms with Crippen LogP contribution in [0.15, 0.2) is 4.76 Å². The Hall–Kier alpha value is 1.05. The highest BCUT2D eigenvalue weighted by Crippen LogP contribution is 2.59. The summed E-state index contributed by atoms with van der Waals surface area (Å²) in [7, 11) is 3.78. The molecule has 0 heterocycles. The summed E-state index contributed by atoms with van der Waals surface area (Å²) in [5.74, 6) is 0.931. The number of nitrogens with zero attached hydrogens (tertiary/aromatic N) is 2. The van der Waals surface area contributed by atoms with E-state index in [2.05, 4.69) is 4.76 Å². The second kappa shape index (κ2) is 5.71. The first-order valence-electron chi connectivity index (χ1n) is 3.26. The van der Waals surface area contributed by atoms with E-state index < -0.39 is 4.89 Å². The van der Waals surface area contributed by atoms with Gasteiger partial charge in [-0.05, 0) is 40.0 Å². The molecule has 12 heavy (non-hydrogen) atoms. The van der Waals surface area contributed by atoms with Crippen LogP contribution in [0, 0.1) is 0 Å². The molecule has 0 saturated heterocycles. The minimum atomic E-state index is -2.50. The fraction of sp³-hybridized carbons (Fsp3) is 0.800. The Morgan fingerprint density at radius 2 is 2.08 bits per heavy atom. The SMILES string of the molecule is CCS/C(=N\P(=S)(Cl)Cl)N(C)C. The molecule has 0 unspecified atom stereocenters. The van der Waals surface area contributed by atoms with Crippen LogP contribution in [-0.4, -0.2) is 29.9 Å². The third-order valence-electron chi connectivity index (χ3n) is 0.858. The van der Waals surface area contributed by atoms with E-state index in [1.165, 1.54) is 0 Å². The molecular formula is C5H11Cl2N2PS2. The van der Waals surface area contributed by atoms with Crippen LogP contribution in [0.1, 0.15) is 6.92 Å². The van der Waals surface area contributed by atoms with Gasteiger partial charge in [0.1, 0.15) is 0 Å². The fourth-order valence-corrected chi connectivity index (χ4v) is 3.05. The Balaban J connectivity index is 4.50. The number of halogens is 2. The molecule has 0 aliphatic heterocycles. The summed E-state index contributed by atoms with van der Waals surface area (Å²) < 4.78 is 4.06. The molecule has 0 N–H and O–H groups in total. The molecule has 0 aliphatic carbocycles. The highest BCUT2D eigenvalue weighted by molar-refractivity contribution is 8.38. The molecule has 0 bridgehead atoms. The van der Waals surface area contributed by atoms with Gasteiger partial charge in [-0.1, -0.05) is 18.7 Å². The summed E-state index contributed by atoms with van der Waals surface area (Å²) in [6, 6.07) is 0. The van der Waals surface area contributed by atoms with Gasteiger partial charge in [-0.2, -0.15) is 4.76 Å². The van der Waals surface area contributed by atoms with Crippen molar-refractivity contribution in [2.75, 3.05) is 19.8 Å². The van der Waals surface area contributed by atoms with Crippen LogP contribution >= 0.6 is 39.1 Å². The highest BCUT2D eigenvalue weighted by Gasteiger charge is 2.09. The lowest BCUT2D eigenvalue weighted by Gasteiger charge is -2.14. The second-order valence-corrected chi connectivity index (χ2v) is 10.7. The van der Waals surface area contributed by atoms with Crippen molar-refractivity contribution in [3.05, 3.63) is 0 Å². The summed E-state index contributed by atoms with van der Waals surface area (Å²) in [4.78, 5) is -0.641. The lowest BCUT2D eigenvalue weighted by Crippen LogP contribution is -2.18. The van der Waals surface area contributed by atoms with E-state index in [0.717, 1.165) is 10.9 Å². The molecule has 0 aliphatic rings. The number of rotatable bonds is 2. The maximum atomic E-state index is 5.67. The van der Waals surface area contributed by atoms with E-state index in [-0.39, 0.29) is 0 Å². The first kappa shape index (κ1) is 13.1. The predicted octanol–water partition coefficient (Wildman–Crippen LogP) is 3.36. The second-order valence-electron chi connectivity index (χ2n) is 2.14. The summed E-state index contributed by atoms with van der Waals surface area (Å²) in [5.41, 5.74) is 0.